The number of nitrogens with one attached hydrogen (secondary N) is 1. The molecule has 2 aromatic rings. The molecule has 136 valence electrons. The Morgan fingerprint density at radius 3 is 2.04 bits per heavy atom. The maximum absolute atomic E-state index is 12.4. The van der Waals surface area contributed by atoms with Crippen molar-refractivity contribution in [2.24, 2.45) is 0 Å². The molecule has 1 N–H and O–H groups in total. The van der Waals surface area contributed by atoms with Gasteiger partial charge in [0.2, 0.25) is 5.91 Å². The van der Waals surface area contributed by atoms with Crippen LogP contribution >= 0.6 is 11.6 Å². The van der Waals surface area contributed by atoms with Crippen LogP contribution in [0.4, 0.5) is 5.69 Å². The topological polar surface area (TPSA) is 95.1 Å². The van der Waals surface area contributed by atoms with Crippen LogP contribution in [0.5, 0.6) is 0 Å². The number of allylic oxidation sites excluding steroid dienone is 2. The second-order valence-corrected chi connectivity index (χ2v) is 5.73. The molecule has 0 radical (unpaired) electrons. The first-order valence-electron chi connectivity index (χ1n) is 7.60. The fourth-order valence-electron chi connectivity index (χ4n) is 2.30. The van der Waals surface area contributed by atoms with E-state index in [2.05, 4.69) is 18.5 Å². The van der Waals surface area contributed by atoms with E-state index in [1.165, 1.54) is 18.2 Å². The van der Waals surface area contributed by atoms with Crippen LogP contribution in [0.3, 0.4) is 0 Å². The van der Waals surface area contributed by atoms with Crippen molar-refractivity contribution < 1.29 is 4.79 Å². The van der Waals surface area contributed by atoms with Crippen LogP contribution in [0.25, 0.3) is 0 Å². The van der Waals surface area contributed by atoms with Gasteiger partial charge in [0.25, 0.3) is 0 Å². The molecule has 1 heterocycles. The van der Waals surface area contributed by atoms with Gasteiger partial charge in [-0.25, -0.2) is 28.1 Å². The average Bonchev–Trinajstić information content (AvgIpc) is 2.59. The minimum atomic E-state index is -0.888. The quantitative estimate of drug-likeness (QED) is 0.724. The normalized spacial score (nSPS) is 10.3. The van der Waals surface area contributed by atoms with Gasteiger partial charge in [-0.15, -0.1) is 13.2 Å². The molecule has 0 aliphatic heterocycles. The summed E-state index contributed by atoms with van der Waals surface area (Å²) in [6.45, 7) is 6.23. The van der Waals surface area contributed by atoms with Crippen molar-refractivity contribution in [3.8, 4) is 0 Å². The molecule has 9 heteroatoms. The number of anilines is 1. The van der Waals surface area contributed by atoms with Crippen LogP contribution in [0.1, 0.15) is 0 Å². The highest BCUT2D eigenvalue weighted by Gasteiger charge is 2.16. The van der Waals surface area contributed by atoms with E-state index in [4.69, 9.17) is 11.6 Å². The van der Waals surface area contributed by atoms with Crippen LogP contribution in [-0.2, 0) is 24.4 Å². The lowest BCUT2D eigenvalue weighted by Crippen LogP contribution is -2.55. The summed E-state index contributed by atoms with van der Waals surface area (Å²) in [6, 6.07) is 6.42. The first-order chi connectivity index (χ1) is 12.4. The predicted molar refractivity (Wildman–Crippen MR) is 99.7 cm³/mol. The molecule has 1 amide bonds. The summed E-state index contributed by atoms with van der Waals surface area (Å²) in [5.41, 5.74) is -2.14. The van der Waals surface area contributed by atoms with Crippen molar-refractivity contribution in [1.29, 1.82) is 0 Å². The van der Waals surface area contributed by atoms with E-state index in [1.54, 1.807) is 18.2 Å². The van der Waals surface area contributed by atoms with Gasteiger partial charge in [-0.3, -0.25) is 4.79 Å². The summed E-state index contributed by atoms with van der Waals surface area (Å²) < 4.78 is 2.34. The van der Waals surface area contributed by atoms with E-state index in [-0.39, 0.29) is 13.1 Å². The number of aromatic nitrogens is 3. The van der Waals surface area contributed by atoms with Crippen molar-refractivity contribution >= 4 is 23.2 Å². The molecule has 2 rings (SSSR count). The summed E-state index contributed by atoms with van der Waals surface area (Å²) in [6.07, 6.45) is 2.70. The summed E-state index contributed by atoms with van der Waals surface area (Å²) in [4.78, 5) is 49.4. The number of hydrogen-bond donors (Lipinski definition) is 1. The molecule has 0 bridgehead atoms. The van der Waals surface area contributed by atoms with Crippen LogP contribution < -0.4 is 22.4 Å². The van der Waals surface area contributed by atoms with Crippen molar-refractivity contribution in [3.05, 3.63) is 86.1 Å². The Labute approximate surface area is 153 Å². The molecule has 0 spiro atoms. The summed E-state index contributed by atoms with van der Waals surface area (Å²) >= 11 is 5.85. The molecule has 26 heavy (non-hydrogen) atoms. The monoisotopic (exact) mass is 376 g/mol. The molecular weight excluding hydrogens is 360 g/mol. The zero-order valence-corrected chi connectivity index (χ0v) is 14.6. The molecule has 1 aromatic carbocycles. The van der Waals surface area contributed by atoms with E-state index in [0.717, 1.165) is 9.13 Å². The SMILES string of the molecule is C=CCn1c(=O)n(CC=C)c(=O)n(CC(=O)Nc2cccc(Cl)c2)c1=O. The van der Waals surface area contributed by atoms with E-state index >= 15 is 0 Å². The minimum absolute atomic E-state index is 0.0923. The lowest BCUT2D eigenvalue weighted by Gasteiger charge is -2.12. The van der Waals surface area contributed by atoms with Crippen LogP contribution in [0.15, 0.2) is 64.0 Å². The largest absolute Gasteiger partial charge is 0.337 e. The van der Waals surface area contributed by atoms with Gasteiger partial charge in [0.15, 0.2) is 0 Å². The minimum Gasteiger partial charge on any atom is -0.324 e. The van der Waals surface area contributed by atoms with Crippen LogP contribution in [0, 0.1) is 0 Å². The van der Waals surface area contributed by atoms with Crippen LogP contribution in [-0.4, -0.2) is 19.6 Å². The van der Waals surface area contributed by atoms with E-state index in [1.807, 2.05) is 0 Å². The molecule has 0 saturated carbocycles. The lowest BCUT2D eigenvalue weighted by molar-refractivity contribution is -0.116. The third-order valence-corrected chi connectivity index (χ3v) is 3.65. The first-order valence-corrected chi connectivity index (χ1v) is 7.98. The molecule has 0 saturated heterocycles. The van der Waals surface area contributed by atoms with E-state index < -0.39 is 29.5 Å². The Bertz CT molecular complexity index is 984. The first kappa shape index (κ1) is 19.2. The fourth-order valence-corrected chi connectivity index (χ4v) is 2.49. The highest BCUT2D eigenvalue weighted by molar-refractivity contribution is 6.30. The molecule has 1 aromatic heterocycles. The third-order valence-electron chi connectivity index (χ3n) is 3.42. The van der Waals surface area contributed by atoms with Gasteiger partial charge in [-0.2, -0.15) is 0 Å². The van der Waals surface area contributed by atoms with E-state index in [9.17, 15) is 19.2 Å². The average molecular weight is 377 g/mol. The molecule has 0 fully saturated rings. The zero-order chi connectivity index (χ0) is 19.3. The maximum Gasteiger partial charge on any atom is 0.337 e. The second-order valence-electron chi connectivity index (χ2n) is 5.29. The number of halogens is 1. The Morgan fingerprint density at radius 2 is 1.54 bits per heavy atom. The maximum atomic E-state index is 12.4. The van der Waals surface area contributed by atoms with Gasteiger partial charge in [-0.1, -0.05) is 29.8 Å². The highest BCUT2D eigenvalue weighted by Crippen LogP contribution is 2.14. The lowest BCUT2D eigenvalue weighted by atomic mass is 10.3. The number of rotatable bonds is 7. The molecule has 8 nitrogen and oxygen atoms in total. The fraction of sp³-hybridized carbons (Fsp3) is 0.176. The van der Waals surface area contributed by atoms with Gasteiger partial charge in [0, 0.05) is 10.7 Å². The van der Waals surface area contributed by atoms with Gasteiger partial charge in [0.1, 0.15) is 6.54 Å². The van der Waals surface area contributed by atoms with Gasteiger partial charge >= 0.3 is 17.1 Å². The smallest absolute Gasteiger partial charge is 0.324 e. The Morgan fingerprint density at radius 1 is 1.00 bits per heavy atom. The second kappa shape index (κ2) is 8.30. The third kappa shape index (κ3) is 4.09. The molecule has 0 aliphatic rings. The molecule has 0 aliphatic carbocycles. The Kier molecular flexibility index (Phi) is 6.13. The summed E-state index contributed by atoms with van der Waals surface area (Å²) in [7, 11) is 0. The molecular formula is C17H17ClN4O4. The van der Waals surface area contributed by atoms with Gasteiger partial charge in [0.05, 0.1) is 13.1 Å². The number of amides is 1. The zero-order valence-electron chi connectivity index (χ0n) is 13.9. The number of carbonyl (C=O) groups excluding carboxylic acids is 1. The number of benzene rings is 1. The molecule has 0 unspecified atom stereocenters. The number of carbonyl (C=O) groups is 1. The summed E-state index contributed by atoms with van der Waals surface area (Å²) in [5.74, 6) is -0.611. The number of nitrogens with zero attached hydrogens (tertiary/aromatic N) is 3. The standard InChI is InChI=1S/C17H17ClN4O4/c1-3-8-20-15(24)21(9-4-2)17(26)22(16(20)25)11-14(23)19-13-7-5-6-12(18)10-13/h3-7,10H,1-2,8-9,11H2,(H,19,23). The Balaban J connectivity index is 2.44. The Hall–Kier alpha value is -3.13. The highest BCUT2D eigenvalue weighted by atomic mass is 35.5. The van der Waals surface area contributed by atoms with Crippen LogP contribution in [0.2, 0.25) is 5.02 Å². The van der Waals surface area contributed by atoms with Crippen molar-refractivity contribution in [2.45, 2.75) is 19.6 Å². The van der Waals surface area contributed by atoms with Crippen molar-refractivity contribution in [3.63, 3.8) is 0 Å². The van der Waals surface area contributed by atoms with Crippen molar-refractivity contribution in [1.82, 2.24) is 13.7 Å². The summed E-state index contributed by atoms with van der Waals surface area (Å²) in [5, 5.41) is 2.97. The molecule has 0 atom stereocenters. The number of hydrogen-bond acceptors (Lipinski definition) is 4. The van der Waals surface area contributed by atoms with Crippen molar-refractivity contribution in [2.75, 3.05) is 5.32 Å². The van der Waals surface area contributed by atoms with E-state index in [0.29, 0.717) is 15.3 Å². The van der Waals surface area contributed by atoms with Gasteiger partial charge in [-0.05, 0) is 18.2 Å². The van der Waals surface area contributed by atoms with Gasteiger partial charge < -0.3 is 5.32 Å². The predicted octanol–water partition coefficient (Wildman–Crippen LogP) is 0.836.